The summed E-state index contributed by atoms with van der Waals surface area (Å²) in [4.78, 5) is 4.38. The lowest BCUT2D eigenvalue weighted by atomic mass is 9.98. The van der Waals surface area contributed by atoms with E-state index < -0.39 is 0 Å². The first kappa shape index (κ1) is 14.7. The van der Waals surface area contributed by atoms with Crippen molar-refractivity contribution in [3.8, 4) is 11.4 Å². The molecule has 5 aromatic rings. The van der Waals surface area contributed by atoms with Crippen LogP contribution < -0.4 is 0 Å². The molecule has 126 valence electrons. The number of benzene rings is 1. The summed E-state index contributed by atoms with van der Waals surface area (Å²) in [6.45, 7) is 2.11. The van der Waals surface area contributed by atoms with Crippen LogP contribution in [0.15, 0.2) is 60.9 Å². The van der Waals surface area contributed by atoms with Crippen LogP contribution in [-0.4, -0.2) is 35.0 Å². The average molecular weight is 341 g/mol. The maximum atomic E-state index is 4.69. The van der Waals surface area contributed by atoms with Gasteiger partial charge in [-0.3, -0.25) is 10.1 Å². The fourth-order valence-electron chi connectivity index (χ4n) is 3.13. The van der Waals surface area contributed by atoms with E-state index >= 15 is 0 Å². The minimum absolute atomic E-state index is 0.0409. The van der Waals surface area contributed by atoms with Gasteiger partial charge in [-0.2, -0.15) is 14.7 Å². The Kier molecular flexibility index (Phi) is 3.24. The van der Waals surface area contributed by atoms with Crippen LogP contribution in [0.1, 0.15) is 24.2 Å². The van der Waals surface area contributed by atoms with Crippen LogP contribution in [0.5, 0.6) is 0 Å². The third kappa shape index (κ3) is 2.33. The first-order valence-corrected chi connectivity index (χ1v) is 8.36. The Balaban J connectivity index is 1.61. The van der Waals surface area contributed by atoms with Gasteiger partial charge in [0.15, 0.2) is 11.5 Å². The number of fused-ring (bicyclic) bond motifs is 2. The van der Waals surface area contributed by atoms with Crippen LogP contribution in [-0.2, 0) is 0 Å². The standard InChI is InChI=1S/C19H15N7/c1-12(13-4-5-15-14(11-13)3-2-9-20-15)19-24-23-18-7-6-17(25-26(18)19)16-8-10-21-22-16/h2-12H,1H3,(H,21,22). The molecular weight excluding hydrogens is 326 g/mol. The van der Waals surface area contributed by atoms with Gasteiger partial charge in [0, 0.05) is 23.7 Å². The maximum Gasteiger partial charge on any atom is 0.177 e. The Morgan fingerprint density at radius 1 is 1.00 bits per heavy atom. The van der Waals surface area contributed by atoms with Crippen molar-refractivity contribution >= 4 is 16.6 Å². The number of H-pyrrole nitrogens is 1. The molecule has 0 radical (unpaired) electrons. The molecule has 0 saturated carbocycles. The lowest BCUT2D eigenvalue weighted by Gasteiger charge is -2.11. The Morgan fingerprint density at radius 3 is 2.85 bits per heavy atom. The van der Waals surface area contributed by atoms with Crippen molar-refractivity contribution in [2.24, 2.45) is 0 Å². The Bertz CT molecular complexity index is 1210. The molecule has 4 heterocycles. The molecule has 0 aliphatic heterocycles. The molecule has 4 aromatic heterocycles. The topological polar surface area (TPSA) is 84.6 Å². The van der Waals surface area contributed by atoms with Crippen LogP contribution in [0.25, 0.3) is 27.9 Å². The molecule has 0 saturated heterocycles. The van der Waals surface area contributed by atoms with Crippen molar-refractivity contribution in [3.63, 3.8) is 0 Å². The summed E-state index contributed by atoms with van der Waals surface area (Å²) >= 11 is 0. The second kappa shape index (κ2) is 5.73. The van der Waals surface area contributed by atoms with Crippen LogP contribution in [0.3, 0.4) is 0 Å². The van der Waals surface area contributed by atoms with Crippen molar-refractivity contribution in [2.75, 3.05) is 0 Å². The molecule has 0 aliphatic rings. The number of nitrogens with one attached hydrogen (secondary N) is 1. The predicted octanol–water partition coefficient (Wildman–Crippen LogP) is 3.21. The van der Waals surface area contributed by atoms with Gasteiger partial charge in [-0.25, -0.2) is 0 Å². The second-order valence-corrected chi connectivity index (χ2v) is 6.19. The van der Waals surface area contributed by atoms with Gasteiger partial charge in [0.25, 0.3) is 0 Å². The van der Waals surface area contributed by atoms with E-state index in [1.54, 1.807) is 16.9 Å². The van der Waals surface area contributed by atoms with Gasteiger partial charge in [0.1, 0.15) is 5.69 Å². The molecule has 0 amide bonds. The van der Waals surface area contributed by atoms with Gasteiger partial charge >= 0.3 is 0 Å². The molecule has 0 bridgehead atoms. The molecule has 1 unspecified atom stereocenters. The molecule has 1 atom stereocenters. The highest BCUT2D eigenvalue weighted by Gasteiger charge is 2.17. The van der Waals surface area contributed by atoms with Crippen molar-refractivity contribution in [1.29, 1.82) is 0 Å². The predicted molar refractivity (Wildman–Crippen MR) is 97.6 cm³/mol. The summed E-state index contributed by atoms with van der Waals surface area (Å²) in [5.74, 6) is 0.837. The second-order valence-electron chi connectivity index (χ2n) is 6.19. The zero-order chi connectivity index (χ0) is 17.5. The number of pyridine rings is 1. The fourth-order valence-corrected chi connectivity index (χ4v) is 3.13. The minimum Gasteiger partial charge on any atom is -0.276 e. The number of hydrogen-bond acceptors (Lipinski definition) is 5. The van der Waals surface area contributed by atoms with Gasteiger partial charge in [-0.05, 0) is 42.0 Å². The maximum absolute atomic E-state index is 4.69. The smallest absolute Gasteiger partial charge is 0.177 e. The average Bonchev–Trinajstić information content (AvgIpc) is 3.36. The third-order valence-corrected chi connectivity index (χ3v) is 4.58. The molecule has 1 aromatic carbocycles. The van der Waals surface area contributed by atoms with Crippen molar-refractivity contribution < 1.29 is 0 Å². The van der Waals surface area contributed by atoms with Crippen molar-refractivity contribution in [1.82, 2.24) is 35.0 Å². The molecule has 7 heteroatoms. The highest BCUT2D eigenvalue weighted by atomic mass is 15.4. The normalized spacial score (nSPS) is 12.7. The van der Waals surface area contributed by atoms with E-state index in [-0.39, 0.29) is 5.92 Å². The van der Waals surface area contributed by atoms with E-state index in [0.29, 0.717) is 0 Å². The van der Waals surface area contributed by atoms with Gasteiger partial charge in [0.05, 0.1) is 11.2 Å². The number of hydrogen-bond donors (Lipinski definition) is 1. The zero-order valence-corrected chi connectivity index (χ0v) is 14.0. The monoisotopic (exact) mass is 341 g/mol. The van der Waals surface area contributed by atoms with E-state index in [4.69, 9.17) is 5.10 Å². The van der Waals surface area contributed by atoms with E-state index in [0.717, 1.165) is 39.3 Å². The summed E-state index contributed by atoms with van der Waals surface area (Å²) in [6.07, 6.45) is 3.51. The Morgan fingerprint density at radius 2 is 1.96 bits per heavy atom. The quantitative estimate of drug-likeness (QED) is 0.545. The molecule has 0 spiro atoms. The van der Waals surface area contributed by atoms with E-state index in [9.17, 15) is 0 Å². The summed E-state index contributed by atoms with van der Waals surface area (Å²) in [5.41, 5.74) is 4.50. The van der Waals surface area contributed by atoms with Gasteiger partial charge in [0.2, 0.25) is 0 Å². The molecule has 0 fully saturated rings. The van der Waals surface area contributed by atoms with Crippen LogP contribution in [0.4, 0.5) is 0 Å². The SMILES string of the molecule is CC(c1ccc2ncccc2c1)c1nnc2ccc(-c3ccn[nH]3)nn12. The van der Waals surface area contributed by atoms with Crippen LogP contribution in [0, 0.1) is 0 Å². The fraction of sp³-hybridized carbons (Fsp3) is 0.105. The molecule has 7 nitrogen and oxygen atoms in total. The number of aromatic nitrogens is 7. The Labute approximate surface area is 148 Å². The molecule has 26 heavy (non-hydrogen) atoms. The zero-order valence-electron chi connectivity index (χ0n) is 14.0. The summed E-state index contributed by atoms with van der Waals surface area (Å²) in [7, 11) is 0. The molecular formula is C19H15N7. The molecule has 1 N–H and O–H groups in total. The van der Waals surface area contributed by atoms with Gasteiger partial charge in [-0.15, -0.1) is 10.2 Å². The molecule has 5 rings (SSSR count). The highest BCUT2D eigenvalue weighted by Crippen LogP contribution is 2.26. The molecule has 0 aliphatic carbocycles. The summed E-state index contributed by atoms with van der Waals surface area (Å²) < 4.78 is 1.80. The van der Waals surface area contributed by atoms with Crippen LogP contribution in [0.2, 0.25) is 0 Å². The third-order valence-electron chi connectivity index (χ3n) is 4.58. The van der Waals surface area contributed by atoms with E-state index in [1.165, 1.54) is 0 Å². The summed E-state index contributed by atoms with van der Waals surface area (Å²) in [6, 6.07) is 16.0. The lowest BCUT2D eigenvalue weighted by Crippen LogP contribution is -2.06. The summed E-state index contributed by atoms with van der Waals surface area (Å²) in [5, 5.41) is 21.4. The number of aromatic amines is 1. The van der Waals surface area contributed by atoms with Crippen LogP contribution >= 0.6 is 0 Å². The first-order valence-electron chi connectivity index (χ1n) is 8.36. The number of nitrogens with zero attached hydrogens (tertiary/aromatic N) is 6. The van der Waals surface area contributed by atoms with Gasteiger partial charge < -0.3 is 0 Å². The van der Waals surface area contributed by atoms with Crippen molar-refractivity contribution in [3.05, 3.63) is 72.3 Å². The Hall–Kier alpha value is -3.61. The number of rotatable bonds is 3. The van der Waals surface area contributed by atoms with E-state index in [1.807, 2.05) is 30.3 Å². The van der Waals surface area contributed by atoms with E-state index in [2.05, 4.69) is 50.5 Å². The lowest BCUT2D eigenvalue weighted by molar-refractivity contribution is 0.752. The largest absolute Gasteiger partial charge is 0.276 e. The van der Waals surface area contributed by atoms with Gasteiger partial charge in [-0.1, -0.05) is 19.1 Å². The van der Waals surface area contributed by atoms with Crippen molar-refractivity contribution in [2.45, 2.75) is 12.8 Å². The minimum atomic E-state index is 0.0409. The highest BCUT2D eigenvalue weighted by molar-refractivity contribution is 5.79. The first-order chi connectivity index (χ1) is 12.8.